The van der Waals surface area contributed by atoms with E-state index in [1.165, 1.54) is 27.5 Å². The lowest BCUT2D eigenvalue weighted by atomic mass is 10.0. The maximum atomic E-state index is 4.67. The minimum absolute atomic E-state index is 1.02. The van der Waals surface area contributed by atoms with Crippen molar-refractivity contribution >= 4 is 16.4 Å². The molecule has 0 aliphatic heterocycles. The second-order valence-corrected chi connectivity index (χ2v) is 5.51. The van der Waals surface area contributed by atoms with Crippen LogP contribution >= 0.6 is 0 Å². The molecule has 2 aromatic heterocycles. The molecule has 0 fully saturated rings. The molecule has 0 aliphatic rings. The van der Waals surface area contributed by atoms with Gasteiger partial charge in [-0.2, -0.15) is 0 Å². The van der Waals surface area contributed by atoms with Gasteiger partial charge in [0.15, 0.2) is 0 Å². The van der Waals surface area contributed by atoms with Crippen molar-refractivity contribution < 1.29 is 0 Å². The van der Waals surface area contributed by atoms with E-state index < -0.39 is 0 Å². The summed E-state index contributed by atoms with van der Waals surface area (Å²) >= 11 is 0. The molecular formula is C19H16N2. The molecule has 4 rings (SSSR count). The molecule has 0 aliphatic carbocycles. The Balaban J connectivity index is 2.10. The normalized spacial score (nSPS) is 11.3. The van der Waals surface area contributed by atoms with Crippen LogP contribution in [-0.2, 0) is 0 Å². The van der Waals surface area contributed by atoms with Gasteiger partial charge in [0, 0.05) is 17.1 Å². The van der Waals surface area contributed by atoms with Crippen molar-refractivity contribution in [3.8, 4) is 11.3 Å². The predicted molar refractivity (Wildman–Crippen MR) is 87.6 cm³/mol. The first-order chi connectivity index (χ1) is 10.3. The number of benzene rings is 2. The summed E-state index contributed by atoms with van der Waals surface area (Å²) in [6.45, 7) is 4.31. The molecule has 2 heteroatoms. The van der Waals surface area contributed by atoms with Gasteiger partial charge in [-0.05, 0) is 36.4 Å². The van der Waals surface area contributed by atoms with E-state index in [0.717, 1.165) is 11.3 Å². The standard InChI is InChI=1S/C19H16N2/c1-13-6-5-7-14(2)18(13)17-12-20-19-16-9-4-3-8-15(16)10-11-21(17)19/h3-12H,1-2H3. The van der Waals surface area contributed by atoms with E-state index >= 15 is 0 Å². The third-order valence-electron chi connectivity index (χ3n) is 4.14. The van der Waals surface area contributed by atoms with E-state index in [1.807, 2.05) is 6.20 Å². The summed E-state index contributed by atoms with van der Waals surface area (Å²) in [5.41, 5.74) is 6.02. The van der Waals surface area contributed by atoms with Crippen LogP contribution in [-0.4, -0.2) is 9.38 Å². The molecule has 0 N–H and O–H groups in total. The Morgan fingerprint density at radius 3 is 2.43 bits per heavy atom. The zero-order valence-electron chi connectivity index (χ0n) is 12.2. The molecule has 0 saturated carbocycles. The number of imidazole rings is 1. The molecule has 0 spiro atoms. The van der Waals surface area contributed by atoms with Crippen molar-refractivity contribution in [1.82, 2.24) is 9.38 Å². The number of pyridine rings is 1. The zero-order valence-corrected chi connectivity index (χ0v) is 12.2. The summed E-state index contributed by atoms with van der Waals surface area (Å²) in [5.74, 6) is 0. The van der Waals surface area contributed by atoms with Crippen LogP contribution in [0.25, 0.3) is 27.7 Å². The average Bonchev–Trinajstić information content (AvgIpc) is 2.91. The molecule has 0 unspecified atom stereocenters. The van der Waals surface area contributed by atoms with Crippen LogP contribution < -0.4 is 0 Å². The maximum Gasteiger partial charge on any atom is 0.145 e. The topological polar surface area (TPSA) is 17.3 Å². The van der Waals surface area contributed by atoms with Crippen LogP contribution in [0.1, 0.15) is 11.1 Å². The Hall–Kier alpha value is -2.61. The highest BCUT2D eigenvalue weighted by Crippen LogP contribution is 2.29. The number of aromatic nitrogens is 2. The van der Waals surface area contributed by atoms with Crippen molar-refractivity contribution in [1.29, 1.82) is 0 Å². The van der Waals surface area contributed by atoms with Crippen LogP contribution in [0.15, 0.2) is 60.9 Å². The van der Waals surface area contributed by atoms with E-state index in [1.54, 1.807) is 0 Å². The lowest BCUT2D eigenvalue weighted by molar-refractivity contribution is 1.19. The van der Waals surface area contributed by atoms with Crippen molar-refractivity contribution in [3.63, 3.8) is 0 Å². The van der Waals surface area contributed by atoms with E-state index in [4.69, 9.17) is 0 Å². The summed E-state index contributed by atoms with van der Waals surface area (Å²) in [4.78, 5) is 4.67. The Labute approximate surface area is 123 Å². The Morgan fingerprint density at radius 2 is 1.62 bits per heavy atom. The fraction of sp³-hybridized carbons (Fsp3) is 0.105. The van der Waals surface area contributed by atoms with Crippen LogP contribution in [0, 0.1) is 13.8 Å². The molecule has 102 valence electrons. The summed E-state index contributed by atoms with van der Waals surface area (Å²) < 4.78 is 2.19. The smallest absolute Gasteiger partial charge is 0.145 e. The molecular weight excluding hydrogens is 256 g/mol. The number of aryl methyl sites for hydroxylation is 2. The van der Waals surface area contributed by atoms with Crippen LogP contribution in [0.2, 0.25) is 0 Å². The van der Waals surface area contributed by atoms with Gasteiger partial charge in [-0.3, -0.25) is 4.40 Å². The molecule has 2 nitrogen and oxygen atoms in total. The highest BCUT2D eigenvalue weighted by molar-refractivity contribution is 5.95. The Morgan fingerprint density at radius 1 is 0.857 bits per heavy atom. The van der Waals surface area contributed by atoms with Gasteiger partial charge >= 0.3 is 0 Å². The number of hydrogen-bond donors (Lipinski definition) is 0. The number of rotatable bonds is 1. The SMILES string of the molecule is Cc1cccc(C)c1-c1cnc2c3ccccc3ccn12. The van der Waals surface area contributed by atoms with E-state index in [-0.39, 0.29) is 0 Å². The van der Waals surface area contributed by atoms with Gasteiger partial charge in [-0.1, -0.05) is 42.5 Å². The van der Waals surface area contributed by atoms with Gasteiger partial charge in [0.05, 0.1) is 11.9 Å². The third kappa shape index (κ3) is 1.76. The highest BCUT2D eigenvalue weighted by Gasteiger charge is 2.12. The van der Waals surface area contributed by atoms with Crippen LogP contribution in [0.5, 0.6) is 0 Å². The molecule has 2 heterocycles. The van der Waals surface area contributed by atoms with Gasteiger partial charge in [0.2, 0.25) is 0 Å². The van der Waals surface area contributed by atoms with Crippen molar-refractivity contribution in [3.05, 3.63) is 72.1 Å². The first-order valence-electron chi connectivity index (χ1n) is 7.17. The van der Waals surface area contributed by atoms with E-state index in [2.05, 4.69) is 78.0 Å². The number of nitrogens with zero attached hydrogens (tertiary/aromatic N) is 2. The van der Waals surface area contributed by atoms with Crippen molar-refractivity contribution in [2.45, 2.75) is 13.8 Å². The largest absolute Gasteiger partial charge is 0.299 e. The fourth-order valence-corrected chi connectivity index (χ4v) is 3.12. The summed E-state index contributed by atoms with van der Waals surface area (Å²) in [7, 11) is 0. The minimum atomic E-state index is 1.02. The van der Waals surface area contributed by atoms with E-state index in [9.17, 15) is 0 Å². The minimum Gasteiger partial charge on any atom is -0.299 e. The lowest BCUT2D eigenvalue weighted by Gasteiger charge is -2.10. The zero-order chi connectivity index (χ0) is 14.4. The molecule has 2 aromatic carbocycles. The monoisotopic (exact) mass is 272 g/mol. The molecule has 0 bridgehead atoms. The van der Waals surface area contributed by atoms with Gasteiger partial charge in [-0.15, -0.1) is 0 Å². The summed E-state index contributed by atoms with van der Waals surface area (Å²) in [6, 6.07) is 17.0. The Bertz CT molecular complexity index is 944. The fourth-order valence-electron chi connectivity index (χ4n) is 3.12. The second kappa shape index (κ2) is 4.45. The van der Waals surface area contributed by atoms with Gasteiger partial charge in [0.25, 0.3) is 0 Å². The third-order valence-corrected chi connectivity index (χ3v) is 4.14. The van der Waals surface area contributed by atoms with Gasteiger partial charge in [-0.25, -0.2) is 4.98 Å². The maximum absolute atomic E-state index is 4.67. The van der Waals surface area contributed by atoms with Crippen molar-refractivity contribution in [2.75, 3.05) is 0 Å². The quantitative estimate of drug-likeness (QED) is 0.488. The second-order valence-electron chi connectivity index (χ2n) is 5.51. The van der Waals surface area contributed by atoms with Crippen LogP contribution in [0.3, 0.4) is 0 Å². The first kappa shape index (κ1) is 12.2. The molecule has 0 saturated heterocycles. The number of fused-ring (bicyclic) bond motifs is 3. The van der Waals surface area contributed by atoms with Crippen LogP contribution in [0.4, 0.5) is 0 Å². The molecule has 4 aromatic rings. The Kier molecular flexibility index (Phi) is 2.58. The molecule has 0 atom stereocenters. The lowest BCUT2D eigenvalue weighted by Crippen LogP contribution is -1.93. The highest BCUT2D eigenvalue weighted by atomic mass is 15.0. The average molecular weight is 272 g/mol. The summed E-state index contributed by atoms with van der Waals surface area (Å²) in [5, 5.41) is 2.42. The molecule has 0 amide bonds. The molecule has 0 radical (unpaired) electrons. The summed E-state index contributed by atoms with van der Waals surface area (Å²) in [6.07, 6.45) is 4.10. The van der Waals surface area contributed by atoms with Gasteiger partial charge in [0.1, 0.15) is 5.65 Å². The van der Waals surface area contributed by atoms with Crippen molar-refractivity contribution in [2.24, 2.45) is 0 Å². The predicted octanol–water partition coefficient (Wildman–Crippen LogP) is 4.77. The van der Waals surface area contributed by atoms with E-state index in [0.29, 0.717) is 0 Å². The molecule has 21 heavy (non-hydrogen) atoms. The first-order valence-corrected chi connectivity index (χ1v) is 7.17. The number of hydrogen-bond acceptors (Lipinski definition) is 1. The van der Waals surface area contributed by atoms with Gasteiger partial charge < -0.3 is 0 Å².